The van der Waals surface area contributed by atoms with E-state index in [0.717, 1.165) is 0 Å². The lowest BCUT2D eigenvalue weighted by Crippen LogP contribution is -2.28. The van der Waals surface area contributed by atoms with Gasteiger partial charge in [0, 0.05) is 24.6 Å². The highest BCUT2D eigenvalue weighted by molar-refractivity contribution is 5.95. The zero-order valence-corrected chi connectivity index (χ0v) is 12.8. The van der Waals surface area contributed by atoms with Gasteiger partial charge in [0.1, 0.15) is 11.8 Å². The summed E-state index contributed by atoms with van der Waals surface area (Å²) in [5, 5.41) is 24.2. The second kappa shape index (κ2) is 6.81. The average Bonchev–Trinajstić information content (AvgIpc) is 2.82. The van der Waals surface area contributed by atoms with Crippen molar-refractivity contribution in [3.05, 3.63) is 58.2 Å². The zero-order chi connectivity index (χ0) is 17.1. The number of anilines is 1. The van der Waals surface area contributed by atoms with E-state index in [0.29, 0.717) is 12.1 Å². The highest BCUT2D eigenvalue weighted by Gasteiger charge is 2.35. The summed E-state index contributed by atoms with van der Waals surface area (Å²) in [5.74, 6) is -0.473. The molecule has 2 atom stereocenters. The Kier molecular flexibility index (Phi) is 4.59. The first-order valence-electron chi connectivity index (χ1n) is 7.58. The Morgan fingerprint density at radius 3 is 2.96 bits per heavy atom. The molecule has 1 aliphatic carbocycles. The quantitative estimate of drug-likeness (QED) is 0.623. The molecule has 1 aliphatic heterocycles. The van der Waals surface area contributed by atoms with E-state index in [9.17, 15) is 14.9 Å². The van der Waals surface area contributed by atoms with E-state index in [1.807, 2.05) is 24.3 Å². The molecular weight excluding hydrogens is 314 g/mol. The minimum atomic E-state index is -0.531. The molecule has 0 spiro atoms. The minimum Gasteiger partial charge on any atom is -0.395 e. The monoisotopic (exact) mass is 331 g/mol. The third-order valence-corrected chi connectivity index (χ3v) is 3.86. The smallest absolute Gasteiger partial charge is 0.295 e. The highest BCUT2D eigenvalue weighted by atomic mass is 16.7. The Balaban J connectivity index is 1.91. The maximum absolute atomic E-state index is 11.9. The summed E-state index contributed by atoms with van der Waals surface area (Å²) in [6, 6.07) is 4.15. The van der Waals surface area contributed by atoms with Gasteiger partial charge in [-0.15, -0.1) is 0 Å². The maximum atomic E-state index is 11.9. The largest absolute Gasteiger partial charge is 0.395 e. The molecule has 1 saturated heterocycles. The van der Waals surface area contributed by atoms with Crippen LogP contribution in [0.25, 0.3) is 0 Å². The van der Waals surface area contributed by atoms with E-state index in [1.165, 1.54) is 23.3 Å². The number of nitrogens with zero attached hydrogens (tertiary/aromatic N) is 2. The van der Waals surface area contributed by atoms with E-state index in [4.69, 9.17) is 9.94 Å². The molecule has 0 aromatic heterocycles. The van der Waals surface area contributed by atoms with Gasteiger partial charge >= 0.3 is 0 Å². The molecule has 8 nitrogen and oxygen atoms in total. The average molecular weight is 331 g/mol. The van der Waals surface area contributed by atoms with Crippen LogP contribution in [0.2, 0.25) is 0 Å². The summed E-state index contributed by atoms with van der Waals surface area (Å²) in [7, 11) is 0. The SMILES string of the molecule is O=C(NCCO)c1ccc(N2O[C@H]3C=CC=C[C@@H]2C3)c([N+](=O)[O-])c1. The topological polar surface area (TPSA) is 105 Å². The molecule has 24 heavy (non-hydrogen) atoms. The van der Waals surface area contributed by atoms with E-state index < -0.39 is 10.8 Å². The number of aliphatic hydroxyl groups excluding tert-OH is 1. The van der Waals surface area contributed by atoms with Crippen LogP contribution in [-0.2, 0) is 4.84 Å². The molecule has 2 aliphatic rings. The number of aliphatic hydroxyl groups is 1. The van der Waals surface area contributed by atoms with Gasteiger partial charge in [0.25, 0.3) is 11.6 Å². The van der Waals surface area contributed by atoms with E-state index >= 15 is 0 Å². The third-order valence-electron chi connectivity index (χ3n) is 3.86. The van der Waals surface area contributed by atoms with Crippen molar-refractivity contribution in [1.82, 2.24) is 5.32 Å². The Bertz CT molecular complexity index is 716. The van der Waals surface area contributed by atoms with Gasteiger partial charge in [-0.2, -0.15) is 0 Å². The number of nitro benzene ring substituents is 1. The van der Waals surface area contributed by atoms with Gasteiger partial charge < -0.3 is 10.4 Å². The number of allylic oxidation sites excluding steroid dienone is 2. The first-order chi connectivity index (χ1) is 11.6. The van der Waals surface area contributed by atoms with Crippen LogP contribution in [-0.4, -0.2) is 41.2 Å². The van der Waals surface area contributed by atoms with Crippen molar-refractivity contribution in [2.75, 3.05) is 18.2 Å². The van der Waals surface area contributed by atoms with Crippen LogP contribution >= 0.6 is 0 Å². The van der Waals surface area contributed by atoms with Gasteiger partial charge in [-0.25, -0.2) is 5.06 Å². The number of benzene rings is 1. The second-order valence-corrected chi connectivity index (χ2v) is 5.48. The first-order valence-corrected chi connectivity index (χ1v) is 7.58. The van der Waals surface area contributed by atoms with Crippen LogP contribution in [0, 0.1) is 10.1 Å². The van der Waals surface area contributed by atoms with Crippen molar-refractivity contribution in [2.45, 2.75) is 18.6 Å². The number of nitrogens with one attached hydrogen (secondary N) is 1. The number of hydroxylamine groups is 1. The summed E-state index contributed by atoms with van der Waals surface area (Å²) in [4.78, 5) is 28.6. The van der Waals surface area contributed by atoms with Gasteiger partial charge in [0.05, 0.1) is 17.6 Å². The molecule has 3 rings (SSSR count). The van der Waals surface area contributed by atoms with Gasteiger partial charge in [-0.3, -0.25) is 19.7 Å². The number of carbonyl (C=O) groups excluding carboxylic acids is 1. The molecule has 1 amide bonds. The number of nitro groups is 1. The van der Waals surface area contributed by atoms with Crippen molar-refractivity contribution in [3.63, 3.8) is 0 Å². The van der Waals surface area contributed by atoms with Crippen molar-refractivity contribution >= 4 is 17.3 Å². The number of hydrogen-bond acceptors (Lipinski definition) is 6. The van der Waals surface area contributed by atoms with Crippen molar-refractivity contribution in [1.29, 1.82) is 0 Å². The number of fused-ring (bicyclic) bond motifs is 2. The third kappa shape index (κ3) is 3.15. The molecular formula is C16H17N3O5. The summed E-state index contributed by atoms with van der Waals surface area (Å²) in [6.45, 7) is -0.110. The zero-order valence-electron chi connectivity index (χ0n) is 12.8. The molecule has 2 N–H and O–H groups in total. The Morgan fingerprint density at radius 2 is 2.21 bits per heavy atom. The molecule has 8 heteroatoms. The highest BCUT2D eigenvalue weighted by Crippen LogP contribution is 2.37. The minimum absolute atomic E-state index is 0.0878. The van der Waals surface area contributed by atoms with Gasteiger partial charge in [0.2, 0.25) is 0 Å². The fraction of sp³-hybridized carbons (Fsp3) is 0.312. The van der Waals surface area contributed by atoms with Gasteiger partial charge in [0.15, 0.2) is 0 Å². The Morgan fingerprint density at radius 1 is 1.42 bits per heavy atom. The van der Waals surface area contributed by atoms with Crippen LogP contribution in [0.1, 0.15) is 16.8 Å². The lowest BCUT2D eigenvalue weighted by atomic mass is 10.1. The van der Waals surface area contributed by atoms with E-state index in [-0.39, 0.29) is 36.5 Å². The summed E-state index contributed by atoms with van der Waals surface area (Å²) in [6.07, 6.45) is 8.20. The first kappa shape index (κ1) is 16.2. The number of carbonyl (C=O) groups is 1. The molecule has 2 bridgehead atoms. The van der Waals surface area contributed by atoms with Crippen LogP contribution in [0.4, 0.5) is 11.4 Å². The Labute approximate surface area is 138 Å². The second-order valence-electron chi connectivity index (χ2n) is 5.48. The van der Waals surface area contributed by atoms with E-state index in [2.05, 4.69) is 5.32 Å². The molecule has 1 fully saturated rings. The number of amides is 1. The normalized spacial score (nSPS) is 21.6. The van der Waals surface area contributed by atoms with Gasteiger partial charge in [-0.05, 0) is 12.1 Å². The molecule has 1 heterocycles. The maximum Gasteiger partial charge on any atom is 0.295 e. The van der Waals surface area contributed by atoms with Gasteiger partial charge in [-0.1, -0.05) is 24.3 Å². The standard InChI is InChI=1S/C16H17N3O5/c20-8-7-17-16(21)11-5-6-14(15(9-11)19(22)23)18-12-3-1-2-4-13(10-12)24-18/h1-6,9,12-13,20H,7-8,10H2,(H,17,21)/t12-,13+/m1/s1. The van der Waals surface area contributed by atoms with Crippen LogP contribution in [0.15, 0.2) is 42.5 Å². The predicted molar refractivity (Wildman–Crippen MR) is 86.6 cm³/mol. The van der Waals surface area contributed by atoms with Crippen LogP contribution in [0.5, 0.6) is 0 Å². The summed E-state index contributed by atoms with van der Waals surface area (Å²) >= 11 is 0. The van der Waals surface area contributed by atoms with Crippen molar-refractivity contribution in [2.24, 2.45) is 0 Å². The predicted octanol–water partition coefficient (Wildman–Crippen LogP) is 1.32. The number of hydrogen-bond donors (Lipinski definition) is 2. The lowest BCUT2D eigenvalue weighted by molar-refractivity contribution is -0.384. The van der Waals surface area contributed by atoms with Crippen LogP contribution in [0.3, 0.4) is 0 Å². The molecule has 0 unspecified atom stereocenters. The van der Waals surface area contributed by atoms with Crippen LogP contribution < -0.4 is 10.4 Å². The molecule has 0 radical (unpaired) electrons. The van der Waals surface area contributed by atoms with E-state index in [1.54, 1.807) is 0 Å². The molecule has 126 valence electrons. The molecule has 0 saturated carbocycles. The summed E-state index contributed by atoms with van der Waals surface area (Å²) < 4.78 is 0. The van der Waals surface area contributed by atoms with Crippen molar-refractivity contribution < 1.29 is 19.7 Å². The Hall–Kier alpha value is -2.71. The fourth-order valence-electron chi connectivity index (χ4n) is 2.76. The molecule has 1 aromatic carbocycles. The number of rotatable bonds is 5. The lowest BCUT2D eigenvalue weighted by Gasteiger charge is -2.23. The fourth-order valence-corrected chi connectivity index (χ4v) is 2.76. The summed E-state index contributed by atoms with van der Waals surface area (Å²) in [5.41, 5.74) is 0.273. The molecule has 1 aromatic rings. The van der Waals surface area contributed by atoms with Crippen molar-refractivity contribution in [3.8, 4) is 0 Å².